The van der Waals surface area contributed by atoms with Crippen LogP contribution in [0.5, 0.6) is 5.75 Å². The van der Waals surface area contributed by atoms with Crippen molar-refractivity contribution in [2.24, 2.45) is 0 Å². The molecule has 0 aliphatic carbocycles. The molecular weight excluding hydrogens is 676 g/mol. The summed E-state index contributed by atoms with van der Waals surface area (Å²) >= 11 is 7.33. The number of hydrogen-bond donors (Lipinski definition) is 0. The van der Waals surface area contributed by atoms with Crippen molar-refractivity contribution in [3.05, 3.63) is 75.9 Å². The molecule has 15 heteroatoms. The van der Waals surface area contributed by atoms with Crippen LogP contribution in [0.25, 0.3) is 16.0 Å². The van der Waals surface area contributed by atoms with E-state index in [1.54, 1.807) is 58.0 Å². The molecule has 1 aliphatic heterocycles. The predicted molar refractivity (Wildman–Crippen MR) is 174 cm³/mol. The van der Waals surface area contributed by atoms with Gasteiger partial charge in [-0.1, -0.05) is 29.8 Å². The van der Waals surface area contributed by atoms with Crippen molar-refractivity contribution >= 4 is 55.9 Å². The van der Waals surface area contributed by atoms with Crippen LogP contribution in [0, 0.1) is 0 Å². The standard InChI is InChI=1S/C32H34ClF2N3O7S2/c1-19(22-8-6-7-9-23(22)33)44-26-17-27(46-28(26)29(39)43-5)38-18-36-24-11-10-20(16-25(24)38)32(34,35)47(41,42)21-12-14-37(15-13-21)30(40)45-31(2,3)4/h6-11,16-19,21H,12-15H2,1-5H3/t19-/m1/s1. The number of sulfone groups is 1. The van der Waals surface area contributed by atoms with Crippen LogP contribution in [0.1, 0.15) is 67.4 Å². The Kier molecular flexibility index (Phi) is 9.59. The van der Waals surface area contributed by atoms with E-state index in [0.717, 1.165) is 23.5 Å². The Morgan fingerprint density at radius 1 is 1.09 bits per heavy atom. The minimum absolute atomic E-state index is 0.0267. The summed E-state index contributed by atoms with van der Waals surface area (Å²) in [6.07, 6.45) is -0.0896. The third-order valence-corrected chi connectivity index (χ3v) is 11.5. The molecule has 0 saturated carbocycles. The van der Waals surface area contributed by atoms with Gasteiger partial charge in [-0.3, -0.25) is 4.57 Å². The highest BCUT2D eigenvalue weighted by Gasteiger charge is 2.52. The van der Waals surface area contributed by atoms with E-state index < -0.39 is 49.7 Å². The number of fused-ring (bicyclic) bond motifs is 1. The van der Waals surface area contributed by atoms with Gasteiger partial charge in [0.15, 0.2) is 4.88 Å². The molecule has 0 bridgehead atoms. The second-order valence-electron chi connectivity index (χ2n) is 12.1. The summed E-state index contributed by atoms with van der Waals surface area (Å²) in [6, 6.07) is 12.1. The third-order valence-electron chi connectivity index (χ3n) is 7.71. The number of ether oxygens (including phenoxy) is 3. The van der Waals surface area contributed by atoms with Gasteiger partial charge in [0.25, 0.3) is 0 Å². The number of hydrogen-bond acceptors (Lipinski definition) is 9. The Bertz CT molecular complexity index is 1910. The summed E-state index contributed by atoms with van der Waals surface area (Å²) in [7, 11) is -3.79. The highest BCUT2D eigenvalue weighted by atomic mass is 35.5. The van der Waals surface area contributed by atoms with Crippen molar-refractivity contribution in [3.8, 4) is 10.8 Å². The lowest BCUT2D eigenvalue weighted by atomic mass is 10.1. The number of nitrogens with zero attached hydrogens (tertiary/aromatic N) is 3. The van der Waals surface area contributed by atoms with Crippen molar-refractivity contribution in [1.82, 2.24) is 14.5 Å². The normalized spacial score (nSPS) is 15.4. The Labute approximate surface area is 280 Å². The molecular formula is C32H34ClF2N3O7S2. The number of likely N-dealkylation sites (tertiary alicyclic amines) is 1. The molecule has 0 radical (unpaired) electrons. The van der Waals surface area contributed by atoms with E-state index in [4.69, 9.17) is 25.8 Å². The number of methoxy groups -OCH3 is 1. The fourth-order valence-electron chi connectivity index (χ4n) is 5.28. The number of thiophene rings is 1. The molecule has 252 valence electrons. The number of carbonyl (C=O) groups excluding carboxylic acids is 2. The number of halogens is 3. The molecule has 4 aromatic rings. The molecule has 0 unspecified atom stereocenters. The topological polar surface area (TPSA) is 117 Å². The first-order valence-corrected chi connectivity index (χ1v) is 17.5. The van der Waals surface area contributed by atoms with Crippen LogP contribution in [0.3, 0.4) is 0 Å². The molecule has 1 aliphatic rings. The number of amides is 1. The monoisotopic (exact) mass is 709 g/mol. The number of imidazole rings is 1. The highest BCUT2D eigenvalue weighted by molar-refractivity contribution is 7.92. The molecule has 2 aromatic carbocycles. The van der Waals surface area contributed by atoms with Gasteiger partial charge >= 0.3 is 17.3 Å². The van der Waals surface area contributed by atoms with Crippen molar-refractivity contribution in [1.29, 1.82) is 0 Å². The van der Waals surface area contributed by atoms with Gasteiger partial charge in [0.05, 0.1) is 23.4 Å². The van der Waals surface area contributed by atoms with E-state index in [-0.39, 0.29) is 42.1 Å². The first-order chi connectivity index (χ1) is 22.0. The van der Waals surface area contributed by atoms with Crippen molar-refractivity contribution in [2.45, 2.75) is 62.7 Å². The zero-order valence-electron chi connectivity index (χ0n) is 26.3. The molecule has 47 heavy (non-hydrogen) atoms. The third kappa shape index (κ3) is 6.95. The van der Waals surface area contributed by atoms with E-state index in [1.807, 2.05) is 0 Å². The average molecular weight is 710 g/mol. The van der Waals surface area contributed by atoms with Crippen LogP contribution in [0.2, 0.25) is 5.02 Å². The average Bonchev–Trinajstić information content (AvgIpc) is 3.63. The Morgan fingerprint density at radius 2 is 1.77 bits per heavy atom. The van der Waals surface area contributed by atoms with Crippen LogP contribution < -0.4 is 4.74 Å². The van der Waals surface area contributed by atoms with Crippen molar-refractivity contribution in [3.63, 3.8) is 0 Å². The summed E-state index contributed by atoms with van der Waals surface area (Å²) in [5.41, 5.74) is -0.261. The van der Waals surface area contributed by atoms with E-state index in [0.29, 0.717) is 21.1 Å². The Hall–Kier alpha value is -3.75. The lowest BCUT2D eigenvalue weighted by Gasteiger charge is -2.34. The number of rotatable bonds is 8. The van der Waals surface area contributed by atoms with Crippen molar-refractivity contribution in [2.75, 3.05) is 20.2 Å². The highest BCUT2D eigenvalue weighted by Crippen LogP contribution is 2.42. The van der Waals surface area contributed by atoms with Gasteiger partial charge in [0.2, 0.25) is 9.84 Å². The molecule has 0 N–H and O–H groups in total. The van der Waals surface area contributed by atoms with Gasteiger partial charge in [0, 0.05) is 35.3 Å². The number of benzene rings is 2. The summed E-state index contributed by atoms with van der Waals surface area (Å²) in [6.45, 7) is 6.83. The van der Waals surface area contributed by atoms with E-state index >= 15 is 8.78 Å². The molecule has 1 amide bonds. The van der Waals surface area contributed by atoms with Crippen LogP contribution in [0.15, 0.2) is 54.9 Å². The number of esters is 1. The minimum atomic E-state index is -5.02. The maximum atomic E-state index is 15.9. The van der Waals surface area contributed by atoms with Crippen LogP contribution in [0.4, 0.5) is 13.6 Å². The Balaban J connectivity index is 1.43. The predicted octanol–water partition coefficient (Wildman–Crippen LogP) is 7.53. The smallest absolute Gasteiger partial charge is 0.410 e. The molecule has 10 nitrogen and oxygen atoms in total. The van der Waals surface area contributed by atoms with Crippen LogP contribution >= 0.6 is 22.9 Å². The van der Waals surface area contributed by atoms with Gasteiger partial charge in [-0.15, -0.1) is 11.3 Å². The lowest BCUT2D eigenvalue weighted by Crippen LogP contribution is -2.47. The first-order valence-electron chi connectivity index (χ1n) is 14.7. The van der Waals surface area contributed by atoms with Gasteiger partial charge in [0.1, 0.15) is 28.8 Å². The van der Waals surface area contributed by atoms with Gasteiger partial charge in [-0.05, 0) is 64.8 Å². The second-order valence-corrected chi connectivity index (χ2v) is 15.8. The number of carbonyl (C=O) groups is 2. The largest absolute Gasteiger partial charge is 0.484 e. The summed E-state index contributed by atoms with van der Waals surface area (Å²) < 4.78 is 76.4. The second kappa shape index (κ2) is 13.0. The molecule has 5 rings (SSSR count). The summed E-state index contributed by atoms with van der Waals surface area (Å²) in [5, 5.41) is -4.73. The molecule has 2 aromatic heterocycles. The zero-order chi connectivity index (χ0) is 34.3. The van der Waals surface area contributed by atoms with Gasteiger partial charge in [-0.2, -0.15) is 8.78 Å². The maximum absolute atomic E-state index is 15.9. The minimum Gasteiger partial charge on any atom is -0.484 e. The number of piperidine rings is 1. The summed E-state index contributed by atoms with van der Waals surface area (Å²) in [5.74, 6) is -0.476. The SMILES string of the molecule is COC(=O)c1sc(-n2cnc3ccc(C(F)(F)S(=O)(=O)C4CCN(C(=O)OC(C)(C)C)CC4)cc32)cc1O[C@H](C)c1ccccc1Cl. The maximum Gasteiger partial charge on any atom is 0.410 e. The number of aromatic nitrogens is 2. The fraction of sp³-hybridized carbons (Fsp3) is 0.406. The quantitative estimate of drug-likeness (QED) is 0.172. The molecule has 0 spiro atoms. The van der Waals surface area contributed by atoms with Crippen molar-refractivity contribution < 1.29 is 41.0 Å². The zero-order valence-corrected chi connectivity index (χ0v) is 28.7. The first kappa shape index (κ1) is 34.6. The summed E-state index contributed by atoms with van der Waals surface area (Å²) in [4.78, 5) is 30.9. The van der Waals surface area contributed by atoms with Crippen LogP contribution in [-0.4, -0.2) is 66.0 Å². The molecule has 1 fully saturated rings. The fourth-order valence-corrected chi connectivity index (χ4v) is 8.26. The molecule has 1 atom stereocenters. The van der Waals surface area contributed by atoms with E-state index in [9.17, 15) is 18.0 Å². The van der Waals surface area contributed by atoms with Crippen LogP contribution in [-0.2, 0) is 24.6 Å². The van der Waals surface area contributed by atoms with Gasteiger partial charge < -0.3 is 19.1 Å². The molecule has 1 saturated heterocycles. The Morgan fingerprint density at radius 3 is 2.40 bits per heavy atom. The lowest BCUT2D eigenvalue weighted by molar-refractivity contribution is 0.0214. The van der Waals surface area contributed by atoms with E-state index in [2.05, 4.69) is 4.98 Å². The molecule has 3 heterocycles. The number of alkyl halides is 2. The van der Waals surface area contributed by atoms with Gasteiger partial charge in [-0.25, -0.2) is 23.0 Å². The van der Waals surface area contributed by atoms with E-state index in [1.165, 1.54) is 29.0 Å².